The van der Waals surface area contributed by atoms with Crippen molar-refractivity contribution in [2.75, 3.05) is 5.32 Å². The number of carbonyl (C=O) groups is 1. The van der Waals surface area contributed by atoms with Gasteiger partial charge in [0.2, 0.25) is 5.95 Å². The van der Waals surface area contributed by atoms with Crippen LogP contribution in [0.15, 0.2) is 6.07 Å². The van der Waals surface area contributed by atoms with E-state index in [4.69, 9.17) is 0 Å². The summed E-state index contributed by atoms with van der Waals surface area (Å²) in [5.41, 5.74) is 1.33. The summed E-state index contributed by atoms with van der Waals surface area (Å²) < 4.78 is 0. The zero-order valence-corrected chi connectivity index (χ0v) is 14.8. The minimum atomic E-state index is -0.0564. The number of carbonyl (C=O) groups excluding carboxylic acids is 1. The van der Waals surface area contributed by atoms with E-state index in [2.05, 4.69) is 20.6 Å². The maximum atomic E-state index is 12.6. The molecule has 2 aliphatic carbocycles. The molecule has 2 aliphatic rings. The van der Waals surface area contributed by atoms with Gasteiger partial charge in [-0.25, -0.2) is 9.97 Å². The van der Waals surface area contributed by atoms with Gasteiger partial charge in [0, 0.05) is 17.8 Å². The van der Waals surface area contributed by atoms with Crippen molar-refractivity contribution in [2.24, 2.45) is 0 Å². The molecular weight excluding hydrogens is 300 g/mol. The molecule has 2 N–H and O–H groups in total. The zero-order valence-electron chi connectivity index (χ0n) is 14.8. The fourth-order valence-electron chi connectivity index (χ4n) is 3.86. The van der Waals surface area contributed by atoms with Crippen molar-refractivity contribution in [2.45, 2.75) is 89.6 Å². The standard InChI is InChI=1S/C19H30N4O/c1-14-13-17(18(24)21-15-9-5-2-3-6-10-15)23-19(20-14)22-16-11-7-4-8-12-16/h13,15-16H,2-12H2,1H3,(H,21,24)(H,20,22,23). The van der Waals surface area contributed by atoms with Crippen LogP contribution in [0.5, 0.6) is 0 Å². The molecule has 5 nitrogen and oxygen atoms in total. The molecule has 1 amide bonds. The third-order valence-corrected chi connectivity index (χ3v) is 5.22. The summed E-state index contributed by atoms with van der Waals surface area (Å²) in [4.78, 5) is 21.5. The first kappa shape index (κ1) is 17.2. The number of nitrogens with one attached hydrogen (secondary N) is 2. The number of nitrogens with zero attached hydrogens (tertiary/aromatic N) is 2. The summed E-state index contributed by atoms with van der Waals surface area (Å²) in [7, 11) is 0. The largest absolute Gasteiger partial charge is 0.351 e. The van der Waals surface area contributed by atoms with Gasteiger partial charge in [-0.15, -0.1) is 0 Å². The first-order valence-electron chi connectivity index (χ1n) is 9.64. The van der Waals surface area contributed by atoms with E-state index in [-0.39, 0.29) is 5.91 Å². The van der Waals surface area contributed by atoms with E-state index in [1.165, 1.54) is 57.8 Å². The predicted molar refractivity (Wildman–Crippen MR) is 96.2 cm³/mol. The summed E-state index contributed by atoms with van der Waals surface area (Å²) in [5, 5.41) is 6.60. The van der Waals surface area contributed by atoms with Crippen LogP contribution in [0.1, 0.15) is 86.8 Å². The molecule has 0 aliphatic heterocycles. The summed E-state index contributed by atoms with van der Waals surface area (Å²) in [6, 6.07) is 2.53. The Kier molecular flexibility index (Phi) is 6.05. The molecule has 2 saturated carbocycles. The fourth-order valence-corrected chi connectivity index (χ4v) is 3.86. The molecule has 24 heavy (non-hydrogen) atoms. The van der Waals surface area contributed by atoms with Crippen molar-refractivity contribution in [1.29, 1.82) is 0 Å². The summed E-state index contributed by atoms with van der Waals surface area (Å²) in [6.07, 6.45) is 13.3. The first-order chi connectivity index (χ1) is 11.7. The van der Waals surface area contributed by atoms with E-state index in [9.17, 15) is 4.79 Å². The van der Waals surface area contributed by atoms with Crippen molar-refractivity contribution in [3.8, 4) is 0 Å². The topological polar surface area (TPSA) is 66.9 Å². The SMILES string of the molecule is Cc1cc(C(=O)NC2CCCCCC2)nc(NC2CCCCC2)n1. The van der Waals surface area contributed by atoms with Gasteiger partial charge in [0.25, 0.3) is 5.91 Å². The van der Waals surface area contributed by atoms with Crippen molar-refractivity contribution in [3.63, 3.8) is 0 Å². The molecule has 1 heterocycles. The minimum absolute atomic E-state index is 0.0564. The van der Waals surface area contributed by atoms with Crippen molar-refractivity contribution >= 4 is 11.9 Å². The smallest absolute Gasteiger partial charge is 0.270 e. The van der Waals surface area contributed by atoms with Crippen LogP contribution in [-0.2, 0) is 0 Å². The maximum absolute atomic E-state index is 12.6. The number of aryl methyl sites for hydroxylation is 1. The Morgan fingerprint density at radius 1 is 0.917 bits per heavy atom. The summed E-state index contributed by atoms with van der Waals surface area (Å²) in [6.45, 7) is 1.93. The fraction of sp³-hybridized carbons (Fsp3) is 0.737. The molecule has 0 spiro atoms. The molecule has 0 saturated heterocycles. The number of hydrogen-bond acceptors (Lipinski definition) is 4. The van der Waals surface area contributed by atoms with Gasteiger partial charge in [-0.3, -0.25) is 4.79 Å². The minimum Gasteiger partial charge on any atom is -0.351 e. The molecule has 1 aromatic rings. The Morgan fingerprint density at radius 2 is 1.50 bits per heavy atom. The molecular formula is C19H30N4O. The predicted octanol–water partition coefficient (Wildman–Crippen LogP) is 3.98. The van der Waals surface area contributed by atoms with Crippen molar-refractivity contribution in [3.05, 3.63) is 17.5 Å². The molecule has 2 fully saturated rings. The van der Waals surface area contributed by atoms with Gasteiger partial charge < -0.3 is 10.6 Å². The Balaban J connectivity index is 1.64. The third kappa shape index (κ3) is 4.92. The van der Waals surface area contributed by atoms with Crippen molar-refractivity contribution < 1.29 is 4.79 Å². The van der Waals surface area contributed by atoms with Crippen LogP contribution in [0.4, 0.5) is 5.95 Å². The Morgan fingerprint density at radius 3 is 2.17 bits per heavy atom. The number of anilines is 1. The van der Waals surface area contributed by atoms with Gasteiger partial charge in [-0.05, 0) is 38.7 Å². The second-order valence-electron chi connectivity index (χ2n) is 7.36. The molecule has 0 unspecified atom stereocenters. The van der Waals surface area contributed by atoms with Gasteiger partial charge in [0.15, 0.2) is 0 Å². The van der Waals surface area contributed by atoms with E-state index in [1.807, 2.05) is 6.92 Å². The molecule has 0 bridgehead atoms. The molecule has 5 heteroatoms. The normalized spacial score (nSPS) is 20.4. The first-order valence-corrected chi connectivity index (χ1v) is 9.64. The molecule has 0 atom stereocenters. The van der Waals surface area contributed by atoms with Crippen molar-refractivity contribution in [1.82, 2.24) is 15.3 Å². The molecule has 132 valence electrons. The van der Waals surface area contributed by atoms with Gasteiger partial charge in [0.1, 0.15) is 5.69 Å². The summed E-state index contributed by atoms with van der Waals surface area (Å²) >= 11 is 0. The number of rotatable bonds is 4. The average Bonchev–Trinajstić information content (AvgIpc) is 2.84. The van der Waals surface area contributed by atoms with Crippen LogP contribution < -0.4 is 10.6 Å². The highest BCUT2D eigenvalue weighted by molar-refractivity contribution is 5.92. The third-order valence-electron chi connectivity index (χ3n) is 5.22. The van der Waals surface area contributed by atoms with Gasteiger partial charge in [0.05, 0.1) is 0 Å². The van der Waals surface area contributed by atoms with Gasteiger partial charge in [-0.1, -0.05) is 44.9 Å². The lowest BCUT2D eigenvalue weighted by Crippen LogP contribution is -2.35. The molecule has 3 rings (SSSR count). The maximum Gasteiger partial charge on any atom is 0.270 e. The number of aromatic nitrogens is 2. The summed E-state index contributed by atoms with van der Waals surface area (Å²) in [5.74, 6) is 0.548. The highest BCUT2D eigenvalue weighted by Gasteiger charge is 2.19. The van der Waals surface area contributed by atoms with Crippen LogP contribution in [0.2, 0.25) is 0 Å². The van der Waals surface area contributed by atoms with E-state index >= 15 is 0 Å². The average molecular weight is 330 g/mol. The molecule has 1 aromatic heterocycles. The lowest BCUT2D eigenvalue weighted by Gasteiger charge is -2.23. The van der Waals surface area contributed by atoms with E-state index in [0.29, 0.717) is 23.7 Å². The van der Waals surface area contributed by atoms with Crippen LogP contribution in [0.3, 0.4) is 0 Å². The van der Waals surface area contributed by atoms with E-state index in [1.54, 1.807) is 6.07 Å². The highest BCUT2D eigenvalue weighted by atomic mass is 16.1. The van der Waals surface area contributed by atoms with Gasteiger partial charge in [-0.2, -0.15) is 0 Å². The Hall–Kier alpha value is -1.65. The number of hydrogen-bond donors (Lipinski definition) is 2. The molecule has 0 aromatic carbocycles. The quantitative estimate of drug-likeness (QED) is 0.819. The zero-order chi connectivity index (χ0) is 16.8. The van der Waals surface area contributed by atoms with Crippen LogP contribution in [0, 0.1) is 6.92 Å². The lowest BCUT2D eigenvalue weighted by atomic mass is 9.96. The Bertz CT molecular complexity index is 546. The number of amides is 1. The van der Waals surface area contributed by atoms with Crippen LogP contribution in [0.25, 0.3) is 0 Å². The van der Waals surface area contributed by atoms with Crippen LogP contribution in [-0.4, -0.2) is 28.0 Å². The second-order valence-corrected chi connectivity index (χ2v) is 7.36. The van der Waals surface area contributed by atoms with Crippen LogP contribution >= 0.6 is 0 Å². The highest BCUT2D eigenvalue weighted by Crippen LogP contribution is 2.21. The monoisotopic (exact) mass is 330 g/mol. The molecule has 0 radical (unpaired) electrons. The second kappa shape index (κ2) is 8.45. The van der Waals surface area contributed by atoms with E-state index < -0.39 is 0 Å². The van der Waals surface area contributed by atoms with E-state index in [0.717, 1.165) is 18.5 Å². The Labute approximate surface area is 145 Å². The lowest BCUT2D eigenvalue weighted by molar-refractivity contribution is 0.0928. The van der Waals surface area contributed by atoms with Gasteiger partial charge >= 0.3 is 0 Å².